The van der Waals surface area contributed by atoms with Crippen molar-refractivity contribution >= 4 is 18.0 Å². The summed E-state index contributed by atoms with van der Waals surface area (Å²) < 4.78 is 29.8. The quantitative estimate of drug-likeness (QED) is 0.458. The van der Waals surface area contributed by atoms with E-state index >= 15 is 0 Å². The van der Waals surface area contributed by atoms with E-state index in [1.807, 2.05) is 0 Å². The number of carbonyl (C=O) groups is 2. The van der Waals surface area contributed by atoms with Crippen LogP contribution in [-0.2, 0) is 15.9 Å². The Balaban J connectivity index is 1.99. The molecule has 0 saturated heterocycles. The normalized spacial score (nSPS) is 11.7. The van der Waals surface area contributed by atoms with Crippen LogP contribution in [0.4, 0.5) is 19.8 Å². The monoisotopic (exact) mass is 470 g/mol. The molecule has 9 nitrogen and oxygen atoms in total. The van der Waals surface area contributed by atoms with Gasteiger partial charge in [0, 0.05) is 24.9 Å². The van der Waals surface area contributed by atoms with Gasteiger partial charge in [-0.25, -0.2) is 19.6 Å². The van der Waals surface area contributed by atoms with Crippen LogP contribution in [0.15, 0.2) is 47.2 Å². The van der Waals surface area contributed by atoms with Crippen LogP contribution in [0.1, 0.15) is 52.8 Å². The van der Waals surface area contributed by atoms with Crippen molar-refractivity contribution < 1.29 is 28.0 Å². The Labute approximate surface area is 196 Å². The van der Waals surface area contributed by atoms with Crippen LogP contribution in [0.5, 0.6) is 0 Å². The highest BCUT2D eigenvalue weighted by atomic mass is 19.1. The zero-order chi connectivity index (χ0) is 25.1. The lowest BCUT2D eigenvalue weighted by Crippen LogP contribution is -2.44. The highest BCUT2D eigenvalue weighted by Gasteiger charge is 2.35. The van der Waals surface area contributed by atoms with Crippen molar-refractivity contribution in [1.82, 2.24) is 15.1 Å². The molecule has 0 aliphatic heterocycles. The van der Waals surface area contributed by atoms with Gasteiger partial charge in [-0.1, -0.05) is 5.16 Å². The summed E-state index contributed by atoms with van der Waals surface area (Å²) in [7, 11) is 0. The van der Waals surface area contributed by atoms with Gasteiger partial charge in [0.25, 0.3) is 0 Å². The topological polar surface area (TPSA) is 108 Å². The molecular formula is C24H27FN4O5. The van der Waals surface area contributed by atoms with Gasteiger partial charge in [0.05, 0.1) is 11.3 Å². The summed E-state index contributed by atoms with van der Waals surface area (Å²) in [5.41, 5.74) is -0.255. The number of amides is 2. The van der Waals surface area contributed by atoms with Gasteiger partial charge in [0.15, 0.2) is 11.6 Å². The SMILES string of the molecule is CC(C)(C)OC(=O)N(C(=O)OC(C)(C)C)c1ncccc1-c1cc(Cc2ccnc(F)c2)no1. The van der Waals surface area contributed by atoms with Crippen LogP contribution in [-0.4, -0.2) is 38.5 Å². The van der Waals surface area contributed by atoms with E-state index in [-0.39, 0.29) is 11.6 Å². The number of aromatic nitrogens is 3. The molecule has 0 unspecified atom stereocenters. The fourth-order valence-corrected chi connectivity index (χ4v) is 2.91. The van der Waals surface area contributed by atoms with Crippen molar-refractivity contribution in [3.8, 4) is 11.3 Å². The van der Waals surface area contributed by atoms with Crippen LogP contribution in [0.25, 0.3) is 11.3 Å². The van der Waals surface area contributed by atoms with E-state index in [0.717, 1.165) is 4.90 Å². The number of ether oxygens (including phenoxy) is 2. The minimum atomic E-state index is -0.950. The molecule has 2 amide bonds. The predicted molar refractivity (Wildman–Crippen MR) is 122 cm³/mol. The summed E-state index contributed by atoms with van der Waals surface area (Å²) in [6.07, 6.45) is 1.19. The lowest BCUT2D eigenvalue weighted by Gasteiger charge is -2.28. The molecule has 3 aromatic rings. The Morgan fingerprint density at radius 3 is 2.21 bits per heavy atom. The summed E-state index contributed by atoms with van der Waals surface area (Å²) in [5, 5.41) is 4.03. The Bertz CT molecular complexity index is 1150. The second-order valence-corrected chi connectivity index (χ2v) is 9.52. The number of pyridine rings is 2. The number of hydrogen-bond acceptors (Lipinski definition) is 8. The lowest BCUT2D eigenvalue weighted by molar-refractivity contribution is 0.0429. The van der Waals surface area contributed by atoms with Crippen molar-refractivity contribution in [3.63, 3.8) is 0 Å². The van der Waals surface area contributed by atoms with Crippen molar-refractivity contribution in [2.75, 3.05) is 4.90 Å². The van der Waals surface area contributed by atoms with Gasteiger partial charge >= 0.3 is 12.2 Å². The molecule has 0 spiro atoms. The maximum Gasteiger partial charge on any atom is 0.425 e. The van der Waals surface area contributed by atoms with E-state index in [4.69, 9.17) is 14.0 Å². The minimum absolute atomic E-state index is 0.0383. The summed E-state index contributed by atoms with van der Waals surface area (Å²) in [5.74, 6) is -0.380. The maximum atomic E-state index is 13.4. The van der Waals surface area contributed by atoms with Gasteiger partial charge < -0.3 is 14.0 Å². The van der Waals surface area contributed by atoms with Crippen molar-refractivity contribution in [3.05, 3.63) is 59.9 Å². The van der Waals surface area contributed by atoms with Crippen molar-refractivity contribution in [2.24, 2.45) is 0 Å². The van der Waals surface area contributed by atoms with Gasteiger partial charge in [-0.05, 0) is 71.4 Å². The van der Waals surface area contributed by atoms with Crippen molar-refractivity contribution in [2.45, 2.75) is 59.2 Å². The molecule has 0 saturated carbocycles. The van der Waals surface area contributed by atoms with Gasteiger partial charge in [-0.15, -0.1) is 0 Å². The molecule has 180 valence electrons. The van der Waals surface area contributed by atoms with E-state index in [9.17, 15) is 14.0 Å². The zero-order valence-electron chi connectivity index (χ0n) is 20.0. The molecule has 3 aromatic heterocycles. The standard InChI is InChI=1S/C24H27FN4O5/c1-23(2,3)32-21(30)29(22(31)33-24(4,5)6)20-17(8-7-10-27-20)18-14-16(28-34-18)12-15-9-11-26-19(25)13-15/h7-11,13-14H,12H2,1-6H3. The van der Waals surface area contributed by atoms with E-state index < -0.39 is 29.3 Å². The lowest BCUT2D eigenvalue weighted by atomic mass is 10.1. The summed E-state index contributed by atoms with van der Waals surface area (Å²) in [6.45, 7) is 10.1. The first-order valence-electron chi connectivity index (χ1n) is 10.6. The highest BCUT2D eigenvalue weighted by molar-refractivity contribution is 6.10. The highest BCUT2D eigenvalue weighted by Crippen LogP contribution is 2.32. The zero-order valence-corrected chi connectivity index (χ0v) is 20.0. The number of halogens is 1. The largest absolute Gasteiger partial charge is 0.443 e. The van der Waals surface area contributed by atoms with E-state index in [1.165, 1.54) is 18.5 Å². The molecule has 0 aliphatic rings. The van der Waals surface area contributed by atoms with Gasteiger partial charge in [-0.2, -0.15) is 9.29 Å². The number of carbonyl (C=O) groups excluding carboxylic acids is 2. The van der Waals surface area contributed by atoms with Crippen LogP contribution in [0, 0.1) is 5.95 Å². The Morgan fingerprint density at radius 2 is 1.62 bits per heavy atom. The predicted octanol–water partition coefficient (Wildman–Crippen LogP) is 5.54. The first kappa shape index (κ1) is 24.8. The third-order valence-corrected chi connectivity index (χ3v) is 4.15. The number of hydrogen-bond donors (Lipinski definition) is 0. The summed E-state index contributed by atoms with van der Waals surface area (Å²) >= 11 is 0. The van der Waals surface area contributed by atoms with E-state index in [0.29, 0.717) is 23.2 Å². The number of rotatable bonds is 4. The maximum absolute atomic E-state index is 13.4. The second kappa shape index (κ2) is 9.58. The van der Waals surface area contributed by atoms with Gasteiger partial charge in [0.2, 0.25) is 5.95 Å². The molecule has 0 fully saturated rings. The third kappa shape index (κ3) is 6.60. The molecule has 3 rings (SSSR count). The Hall–Kier alpha value is -3.82. The average molecular weight is 471 g/mol. The van der Waals surface area contributed by atoms with Crippen molar-refractivity contribution in [1.29, 1.82) is 0 Å². The molecular weight excluding hydrogens is 443 g/mol. The number of anilines is 1. The Morgan fingerprint density at radius 1 is 0.971 bits per heavy atom. The molecule has 34 heavy (non-hydrogen) atoms. The first-order valence-corrected chi connectivity index (χ1v) is 10.6. The molecule has 0 aromatic carbocycles. The summed E-state index contributed by atoms with van der Waals surface area (Å²) in [6, 6.07) is 7.85. The van der Waals surface area contributed by atoms with Crippen LogP contribution < -0.4 is 4.90 Å². The summed E-state index contributed by atoms with van der Waals surface area (Å²) in [4.78, 5) is 34.6. The fourth-order valence-electron chi connectivity index (χ4n) is 2.91. The van der Waals surface area contributed by atoms with E-state index in [1.54, 1.807) is 65.8 Å². The second-order valence-electron chi connectivity index (χ2n) is 9.52. The molecule has 10 heteroatoms. The third-order valence-electron chi connectivity index (χ3n) is 4.15. The molecule has 0 bridgehead atoms. The fraction of sp³-hybridized carbons (Fsp3) is 0.375. The molecule has 0 N–H and O–H groups in total. The van der Waals surface area contributed by atoms with Crippen LogP contribution >= 0.6 is 0 Å². The Kier molecular flexibility index (Phi) is 6.99. The molecule has 3 heterocycles. The van der Waals surface area contributed by atoms with Crippen LogP contribution in [0.3, 0.4) is 0 Å². The molecule has 0 aliphatic carbocycles. The molecule has 0 atom stereocenters. The smallest absolute Gasteiger partial charge is 0.425 e. The number of imide groups is 1. The average Bonchev–Trinajstić information content (AvgIpc) is 3.14. The number of nitrogens with zero attached hydrogens (tertiary/aromatic N) is 4. The van der Waals surface area contributed by atoms with Gasteiger partial charge in [0.1, 0.15) is 11.2 Å². The first-order chi connectivity index (χ1) is 15.8. The molecule has 0 radical (unpaired) electrons. The van der Waals surface area contributed by atoms with Gasteiger partial charge in [-0.3, -0.25) is 0 Å². The van der Waals surface area contributed by atoms with E-state index in [2.05, 4.69) is 15.1 Å². The van der Waals surface area contributed by atoms with Crippen LogP contribution in [0.2, 0.25) is 0 Å². The minimum Gasteiger partial charge on any atom is -0.443 e.